The second kappa shape index (κ2) is 5.81. The zero-order valence-corrected chi connectivity index (χ0v) is 14.5. The van der Waals surface area contributed by atoms with Gasteiger partial charge >= 0.3 is 6.03 Å². The Morgan fingerprint density at radius 2 is 2.00 bits per heavy atom. The average Bonchev–Trinajstić information content (AvgIpc) is 2.49. The van der Waals surface area contributed by atoms with Gasteiger partial charge in [0.05, 0.1) is 12.0 Å². The van der Waals surface area contributed by atoms with Crippen LogP contribution < -0.4 is 5.32 Å². The number of hydrogen-bond acceptors (Lipinski definition) is 2. The minimum atomic E-state index is 0.0448. The lowest BCUT2D eigenvalue weighted by Gasteiger charge is -2.54. The molecule has 2 unspecified atom stereocenters. The number of urea groups is 1. The molecule has 2 heterocycles. The molecule has 2 aliphatic heterocycles. The highest BCUT2D eigenvalue weighted by molar-refractivity contribution is 5.90. The second-order valence-electron chi connectivity index (χ2n) is 7.95. The summed E-state index contributed by atoms with van der Waals surface area (Å²) in [6.45, 7) is 4.37. The maximum atomic E-state index is 12.6. The molecular formula is C20H25N3O. The lowest BCUT2D eigenvalue weighted by Crippen LogP contribution is -2.63. The van der Waals surface area contributed by atoms with E-state index < -0.39 is 0 Å². The van der Waals surface area contributed by atoms with Gasteiger partial charge in [0.1, 0.15) is 0 Å². The van der Waals surface area contributed by atoms with Crippen molar-refractivity contribution >= 4 is 11.7 Å². The first-order chi connectivity index (χ1) is 11.6. The topological polar surface area (TPSA) is 56.1 Å². The van der Waals surface area contributed by atoms with E-state index in [1.54, 1.807) is 0 Å². The molecule has 0 spiro atoms. The van der Waals surface area contributed by atoms with Gasteiger partial charge in [-0.1, -0.05) is 13.0 Å². The molecule has 4 rings (SSSR count). The maximum Gasteiger partial charge on any atom is 0.322 e. The second-order valence-corrected chi connectivity index (χ2v) is 7.95. The highest BCUT2D eigenvalue weighted by Gasteiger charge is 2.46. The Morgan fingerprint density at radius 1 is 1.25 bits per heavy atom. The Labute approximate surface area is 143 Å². The fourth-order valence-electron chi connectivity index (χ4n) is 4.81. The summed E-state index contributed by atoms with van der Waals surface area (Å²) in [5, 5.41) is 12.3. The van der Waals surface area contributed by atoms with E-state index in [1.807, 2.05) is 11.0 Å². The van der Waals surface area contributed by atoms with Gasteiger partial charge in [0.25, 0.3) is 0 Å². The van der Waals surface area contributed by atoms with Gasteiger partial charge in [-0.25, -0.2) is 4.79 Å². The number of fused-ring (bicyclic) bond motifs is 2. The Bertz CT molecular complexity index is 695. The largest absolute Gasteiger partial charge is 0.322 e. The Kier molecular flexibility index (Phi) is 3.75. The predicted octanol–water partition coefficient (Wildman–Crippen LogP) is 4.42. The Hall–Kier alpha value is -2.02. The quantitative estimate of drug-likeness (QED) is 0.876. The smallest absolute Gasteiger partial charge is 0.318 e. The van der Waals surface area contributed by atoms with Crippen LogP contribution in [0.1, 0.15) is 56.1 Å². The van der Waals surface area contributed by atoms with Gasteiger partial charge in [-0.15, -0.1) is 0 Å². The molecule has 24 heavy (non-hydrogen) atoms. The Balaban J connectivity index is 1.47. The van der Waals surface area contributed by atoms with Crippen LogP contribution in [0.25, 0.3) is 0 Å². The van der Waals surface area contributed by atoms with Crippen LogP contribution in [0, 0.1) is 30.1 Å². The number of carbonyl (C=O) groups is 1. The SMILES string of the molecule is Cc1ccc(NC(=O)N2C3CC(C)CC2C3)cc1[C@H]1CC[C@@H]1C#N. The van der Waals surface area contributed by atoms with Crippen molar-refractivity contribution in [2.45, 2.75) is 64.0 Å². The predicted molar refractivity (Wildman–Crippen MR) is 93.7 cm³/mol. The third-order valence-electron chi connectivity index (χ3n) is 6.28. The van der Waals surface area contributed by atoms with Gasteiger partial charge in [0.2, 0.25) is 0 Å². The first-order valence-electron chi connectivity index (χ1n) is 9.16. The number of carbonyl (C=O) groups excluding carboxylic acids is 1. The summed E-state index contributed by atoms with van der Waals surface area (Å²) < 4.78 is 0. The molecule has 3 aliphatic rings. The molecule has 0 aromatic heterocycles. The number of piperidine rings is 1. The Morgan fingerprint density at radius 3 is 2.62 bits per heavy atom. The van der Waals surface area contributed by atoms with Crippen molar-refractivity contribution in [2.75, 3.05) is 5.32 Å². The number of hydrogen-bond donors (Lipinski definition) is 1. The average molecular weight is 323 g/mol. The van der Waals surface area contributed by atoms with Gasteiger partial charge in [0.15, 0.2) is 0 Å². The van der Waals surface area contributed by atoms with Crippen LogP contribution in [0.3, 0.4) is 0 Å². The molecule has 1 aromatic carbocycles. The lowest BCUT2D eigenvalue weighted by atomic mass is 9.70. The molecule has 4 atom stereocenters. The fraction of sp³-hybridized carbons (Fsp3) is 0.600. The highest BCUT2D eigenvalue weighted by atomic mass is 16.2. The molecule has 4 nitrogen and oxygen atoms in total. The molecule has 0 radical (unpaired) electrons. The first-order valence-corrected chi connectivity index (χ1v) is 9.16. The number of amides is 2. The molecule has 1 saturated carbocycles. The number of aryl methyl sites for hydroxylation is 1. The van der Waals surface area contributed by atoms with Crippen LogP contribution in [0.5, 0.6) is 0 Å². The van der Waals surface area contributed by atoms with E-state index in [1.165, 1.54) is 17.5 Å². The number of nitrogens with one attached hydrogen (secondary N) is 1. The summed E-state index contributed by atoms with van der Waals surface area (Å²) in [5.74, 6) is 1.20. The summed E-state index contributed by atoms with van der Waals surface area (Å²) in [6.07, 6.45) is 5.50. The molecule has 3 fully saturated rings. The molecule has 2 saturated heterocycles. The number of nitriles is 1. The third-order valence-corrected chi connectivity index (χ3v) is 6.28. The molecular weight excluding hydrogens is 298 g/mol. The van der Waals surface area contributed by atoms with Gasteiger partial charge in [-0.05, 0) is 68.2 Å². The maximum absolute atomic E-state index is 12.6. The first kappa shape index (κ1) is 15.5. The minimum Gasteiger partial charge on any atom is -0.318 e. The van der Waals surface area contributed by atoms with Crippen LogP contribution in [-0.4, -0.2) is 23.0 Å². The van der Waals surface area contributed by atoms with E-state index >= 15 is 0 Å². The lowest BCUT2D eigenvalue weighted by molar-refractivity contribution is -0.00601. The zero-order valence-electron chi connectivity index (χ0n) is 14.5. The van der Waals surface area contributed by atoms with Crippen molar-refractivity contribution < 1.29 is 4.79 Å². The third kappa shape index (κ3) is 2.47. The van der Waals surface area contributed by atoms with Gasteiger partial charge in [-0.3, -0.25) is 0 Å². The summed E-state index contributed by atoms with van der Waals surface area (Å²) in [5.41, 5.74) is 3.30. The van der Waals surface area contributed by atoms with E-state index in [0.29, 0.717) is 18.0 Å². The molecule has 4 heteroatoms. The standard InChI is InChI=1S/C20H25N3O/c1-12-7-16-10-17(8-12)23(16)20(24)22-15-5-3-13(2)19(9-15)18-6-4-14(18)11-21/h3,5,9,12,14,16-18H,4,6-8,10H2,1-2H3,(H,22,24)/t12?,14-,16?,17?,18+/m1/s1. The van der Waals surface area contributed by atoms with Crippen molar-refractivity contribution in [2.24, 2.45) is 11.8 Å². The van der Waals surface area contributed by atoms with Crippen molar-refractivity contribution in [1.82, 2.24) is 4.90 Å². The van der Waals surface area contributed by atoms with Gasteiger partial charge < -0.3 is 10.2 Å². The number of nitrogens with zero attached hydrogens (tertiary/aromatic N) is 2. The van der Waals surface area contributed by atoms with E-state index in [-0.39, 0.29) is 11.9 Å². The van der Waals surface area contributed by atoms with Gasteiger partial charge in [-0.2, -0.15) is 5.26 Å². The highest BCUT2D eigenvalue weighted by Crippen LogP contribution is 2.44. The van der Waals surface area contributed by atoms with E-state index in [2.05, 4.69) is 37.4 Å². The molecule has 2 amide bonds. The van der Waals surface area contributed by atoms with Crippen molar-refractivity contribution in [3.05, 3.63) is 29.3 Å². The zero-order chi connectivity index (χ0) is 16.8. The molecule has 126 valence electrons. The van der Waals surface area contributed by atoms with Crippen LogP contribution in [0.15, 0.2) is 18.2 Å². The van der Waals surface area contributed by atoms with Crippen molar-refractivity contribution in [3.8, 4) is 6.07 Å². The molecule has 2 bridgehead atoms. The van der Waals surface area contributed by atoms with Crippen LogP contribution >= 0.6 is 0 Å². The number of rotatable bonds is 2. The van der Waals surface area contributed by atoms with Crippen LogP contribution in [-0.2, 0) is 0 Å². The van der Waals surface area contributed by atoms with Crippen LogP contribution in [0.4, 0.5) is 10.5 Å². The summed E-state index contributed by atoms with van der Waals surface area (Å²) in [7, 11) is 0. The minimum absolute atomic E-state index is 0.0448. The monoisotopic (exact) mass is 323 g/mol. The summed E-state index contributed by atoms with van der Waals surface area (Å²) in [4.78, 5) is 14.7. The van der Waals surface area contributed by atoms with E-state index in [4.69, 9.17) is 0 Å². The van der Waals surface area contributed by atoms with Crippen LogP contribution in [0.2, 0.25) is 0 Å². The summed E-state index contributed by atoms with van der Waals surface area (Å²) in [6, 6.07) is 9.44. The molecule has 1 aromatic rings. The fourth-order valence-corrected chi connectivity index (χ4v) is 4.81. The van der Waals surface area contributed by atoms with E-state index in [0.717, 1.165) is 37.3 Å². The van der Waals surface area contributed by atoms with E-state index in [9.17, 15) is 10.1 Å². The number of benzene rings is 1. The normalized spacial score (nSPS) is 33.9. The number of anilines is 1. The molecule has 1 N–H and O–H groups in total. The summed E-state index contributed by atoms with van der Waals surface area (Å²) >= 11 is 0. The van der Waals surface area contributed by atoms with Crippen molar-refractivity contribution in [3.63, 3.8) is 0 Å². The van der Waals surface area contributed by atoms with Gasteiger partial charge in [0, 0.05) is 23.7 Å². The van der Waals surface area contributed by atoms with Crippen molar-refractivity contribution in [1.29, 1.82) is 5.26 Å². The molecule has 1 aliphatic carbocycles.